The van der Waals surface area contributed by atoms with Crippen LogP contribution in [0.15, 0.2) is 109 Å². The number of esters is 3. The van der Waals surface area contributed by atoms with Gasteiger partial charge in [-0.2, -0.15) is 0 Å². The van der Waals surface area contributed by atoms with Gasteiger partial charge in [0.15, 0.2) is 6.10 Å². The van der Waals surface area contributed by atoms with Crippen molar-refractivity contribution in [3.63, 3.8) is 0 Å². The van der Waals surface area contributed by atoms with Crippen LogP contribution >= 0.6 is 0 Å². The first-order valence-corrected chi connectivity index (χ1v) is 29.9. The molecule has 0 saturated heterocycles. The quantitative estimate of drug-likeness (QED) is 0.0261. The number of hydrogen-bond acceptors (Lipinski definition) is 6. The lowest BCUT2D eigenvalue weighted by molar-refractivity contribution is -0.167. The number of carbonyl (C=O) groups is 3. The number of allylic oxidation sites excluding steroid dienone is 18. The van der Waals surface area contributed by atoms with Crippen LogP contribution in [0, 0.1) is 0 Å². The van der Waals surface area contributed by atoms with Gasteiger partial charge in [-0.15, -0.1) is 0 Å². The van der Waals surface area contributed by atoms with Crippen molar-refractivity contribution in [3.8, 4) is 0 Å². The average molecular weight is 1000 g/mol. The maximum atomic E-state index is 12.8. The highest BCUT2D eigenvalue weighted by molar-refractivity contribution is 5.71. The van der Waals surface area contributed by atoms with Crippen molar-refractivity contribution in [2.75, 3.05) is 13.2 Å². The maximum Gasteiger partial charge on any atom is 0.306 e. The third-order valence-electron chi connectivity index (χ3n) is 12.5. The molecule has 6 heteroatoms. The summed E-state index contributed by atoms with van der Waals surface area (Å²) < 4.78 is 16.8. The second-order valence-electron chi connectivity index (χ2n) is 19.5. The molecule has 0 saturated carbocycles. The normalized spacial score (nSPS) is 12.9. The highest BCUT2D eigenvalue weighted by Crippen LogP contribution is 2.15. The first-order chi connectivity index (χ1) is 35.5. The molecule has 0 radical (unpaired) electrons. The summed E-state index contributed by atoms with van der Waals surface area (Å²) in [4.78, 5) is 38.1. The highest BCUT2D eigenvalue weighted by atomic mass is 16.6. The number of hydrogen-bond donors (Lipinski definition) is 0. The molecule has 0 aromatic rings. The Hall–Kier alpha value is -3.93. The molecule has 0 N–H and O–H groups in total. The van der Waals surface area contributed by atoms with Crippen LogP contribution in [0.25, 0.3) is 0 Å². The summed E-state index contributed by atoms with van der Waals surface area (Å²) in [5.41, 5.74) is 0. The van der Waals surface area contributed by atoms with Crippen LogP contribution in [0.4, 0.5) is 0 Å². The fraction of sp³-hybridized carbons (Fsp3) is 0.682. The summed E-state index contributed by atoms with van der Waals surface area (Å²) >= 11 is 0. The van der Waals surface area contributed by atoms with Crippen LogP contribution in [0.5, 0.6) is 0 Å². The Balaban J connectivity index is 4.30. The van der Waals surface area contributed by atoms with Gasteiger partial charge in [0.2, 0.25) is 0 Å². The van der Waals surface area contributed by atoms with E-state index < -0.39 is 6.10 Å². The first-order valence-electron chi connectivity index (χ1n) is 29.9. The van der Waals surface area contributed by atoms with Crippen molar-refractivity contribution >= 4 is 17.9 Å². The number of rotatable bonds is 53. The summed E-state index contributed by atoms with van der Waals surface area (Å²) in [6.45, 7) is 6.37. The van der Waals surface area contributed by atoms with Crippen LogP contribution in [0.1, 0.15) is 271 Å². The molecule has 0 heterocycles. The smallest absolute Gasteiger partial charge is 0.306 e. The largest absolute Gasteiger partial charge is 0.462 e. The van der Waals surface area contributed by atoms with Crippen LogP contribution in [-0.2, 0) is 28.6 Å². The Kier molecular flexibility index (Phi) is 56.4. The number of unbranched alkanes of at least 4 members (excludes halogenated alkanes) is 24. The third kappa shape index (κ3) is 57.0. The zero-order chi connectivity index (χ0) is 52.2. The Morgan fingerprint density at radius 3 is 0.875 bits per heavy atom. The Morgan fingerprint density at radius 2 is 0.542 bits per heavy atom. The van der Waals surface area contributed by atoms with E-state index in [1.807, 2.05) is 0 Å². The van der Waals surface area contributed by atoms with Gasteiger partial charge in [-0.1, -0.05) is 239 Å². The van der Waals surface area contributed by atoms with Crippen LogP contribution in [0.2, 0.25) is 0 Å². The van der Waals surface area contributed by atoms with Crippen LogP contribution in [0.3, 0.4) is 0 Å². The van der Waals surface area contributed by atoms with E-state index >= 15 is 0 Å². The van der Waals surface area contributed by atoms with Crippen molar-refractivity contribution < 1.29 is 28.6 Å². The van der Waals surface area contributed by atoms with Gasteiger partial charge < -0.3 is 14.2 Å². The van der Waals surface area contributed by atoms with Crippen molar-refractivity contribution in [1.29, 1.82) is 0 Å². The van der Waals surface area contributed by atoms with Gasteiger partial charge in [-0.05, 0) is 122 Å². The molecule has 0 aliphatic carbocycles. The summed E-state index contributed by atoms with van der Waals surface area (Å²) in [7, 11) is 0. The maximum absolute atomic E-state index is 12.8. The molecule has 1 unspecified atom stereocenters. The number of carbonyl (C=O) groups excluding carboxylic acids is 3. The van der Waals surface area contributed by atoms with E-state index in [9.17, 15) is 14.4 Å². The van der Waals surface area contributed by atoms with Gasteiger partial charge in [-0.3, -0.25) is 14.4 Å². The van der Waals surface area contributed by atoms with E-state index in [0.717, 1.165) is 128 Å². The molecule has 0 aromatic heterocycles. The summed E-state index contributed by atoms with van der Waals surface area (Å²) in [5, 5.41) is 0. The van der Waals surface area contributed by atoms with Gasteiger partial charge in [0, 0.05) is 19.3 Å². The molecular weight excluding hydrogens is 889 g/mol. The lowest BCUT2D eigenvalue weighted by atomic mass is 10.0. The molecule has 1 atom stereocenters. The zero-order valence-electron chi connectivity index (χ0n) is 46.9. The van der Waals surface area contributed by atoms with E-state index in [1.54, 1.807) is 0 Å². The third-order valence-corrected chi connectivity index (χ3v) is 12.5. The van der Waals surface area contributed by atoms with E-state index in [0.29, 0.717) is 19.3 Å². The van der Waals surface area contributed by atoms with Gasteiger partial charge in [-0.25, -0.2) is 0 Å². The molecule has 6 nitrogen and oxygen atoms in total. The molecule has 0 rings (SSSR count). The van der Waals surface area contributed by atoms with Gasteiger partial charge in [0.25, 0.3) is 0 Å². The minimum absolute atomic E-state index is 0.0928. The van der Waals surface area contributed by atoms with Crippen molar-refractivity contribution in [3.05, 3.63) is 109 Å². The first kappa shape index (κ1) is 68.1. The second-order valence-corrected chi connectivity index (χ2v) is 19.5. The van der Waals surface area contributed by atoms with Crippen molar-refractivity contribution in [1.82, 2.24) is 0 Å². The van der Waals surface area contributed by atoms with Gasteiger partial charge in [0.05, 0.1) is 0 Å². The van der Waals surface area contributed by atoms with Crippen molar-refractivity contribution in [2.24, 2.45) is 0 Å². The molecule has 0 spiro atoms. The predicted octanol–water partition coefficient (Wildman–Crippen LogP) is 20.3. The molecule has 410 valence electrons. The lowest BCUT2D eigenvalue weighted by Gasteiger charge is -2.18. The molecule has 0 amide bonds. The molecule has 0 aliphatic heterocycles. The molecular formula is C66H110O6. The standard InChI is InChI=1S/C66H110O6/c1-4-7-10-13-16-19-22-25-27-28-29-30-31-32-33-34-35-36-37-38-39-42-44-47-50-53-56-59-65(68)71-62-63(61-70-64(67)58-55-52-49-46-43-40-24-21-18-15-12-9-6-3)72-66(69)60-57-54-51-48-45-41-26-23-20-17-14-11-8-5-2/h7,9-10,12,16,18-19,21,23,25-27,29-30,32-33,40,43,63H,4-6,8,11,13-15,17,20,22,24,28,31,34-39,41-42,44-62H2,1-3H3/b10-7-,12-9-,19-16-,21-18-,26-23-,27-25-,30-29-,33-32-,43-40-. The SMILES string of the molecule is CC/C=C\C/C=C\C/C=C\C/C=C\C/C=C\CCCCCCCCCCCCCC(=O)OCC(COC(=O)CCCCC/C=C\C/C=C\C/C=C\CC)OC(=O)CCCCCCC/C=C\CCCCCCC. The molecule has 72 heavy (non-hydrogen) atoms. The predicted molar refractivity (Wildman–Crippen MR) is 311 cm³/mol. The van der Waals surface area contributed by atoms with Crippen LogP contribution < -0.4 is 0 Å². The van der Waals surface area contributed by atoms with Crippen LogP contribution in [-0.4, -0.2) is 37.2 Å². The highest BCUT2D eigenvalue weighted by Gasteiger charge is 2.19. The lowest BCUT2D eigenvalue weighted by Crippen LogP contribution is -2.30. The molecule has 0 aliphatic rings. The summed E-state index contributed by atoms with van der Waals surface area (Å²) in [6.07, 6.45) is 80.9. The van der Waals surface area contributed by atoms with E-state index in [4.69, 9.17) is 14.2 Å². The summed E-state index contributed by atoms with van der Waals surface area (Å²) in [5.74, 6) is -0.933. The van der Waals surface area contributed by atoms with E-state index in [2.05, 4.69) is 130 Å². The fourth-order valence-electron chi connectivity index (χ4n) is 8.07. The van der Waals surface area contributed by atoms with E-state index in [1.165, 1.54) is 103 Å². The van der Waals surface area contributed by atoms with Crippen molar-refractivity contribution in [2.45, 2.75) is 277 Å². The molecule has 0 bridgehead atoms. The molecule has 0 aromatic carbocycles. The molecule has 0 fully saturated rings. The number of ether oxygens (including phenoxy) is 3. The van der Waals surface area contributed by atoms with Gasteiger partial charge >= 0.3 is 17.9 Å². The Bertz CT molecular complexity index is 1470. The second kappa shape index (κ2) is 59.6. The Labute approximate surface area is 444 Å². The zero-order valence-corrected chi connectivity index (χ0v) is 46.9. The Morgan fingerprint density at radius 1 is 0.292 bits per heavy atom. The summed E-state index contributed by atoms with van der Waals surface area (Å²) in [6, 6.07) is 0. The van der Waals surface area contributed by atoms with Gasteiger partial charge in [0.1, 0.15) is 13.2 Å². The minimum atomic E-state index is -0.797. The average Bonchev–Trinajstić information content (AvgIpc) is 3.38. The topological polar surface area (TPSA) is 78.9 Å². The minimum Gasteiger partial charge on any atom is -0.462 e. The fourth-order valence-corrected chi connectivity index (χ4v) is 8.07. The van der Waals surface area contributed by atoms with E-state index in [-0.39, 0.29) is 31.1 Å². The monoisotopic (exact) mass is 999 g/mol.